The Morgan fingerprint density at radius 3 is 2.65 bits per heavy atom. The van der Waals surface area contributed by atoms with Crippen LogP contribution in [0.15, 0.2) is 42.5 Å². The van der Waals surface area contributed by atoms with Gasteiger partial charge in [0.2, 0.25) is 6.79 Å². The quantitative estimate of drug-likeness (QED) is 0.901. The Labute approximate surface area is 136 Å². The van der Waals surface area contributed by atoms with Gasteiger partial charge in [-0.15, -0.1) is 0 Å². The Hall–Kier alpha value is -2.20. The average molecular weight is 311 g/mol. The second-order valence-electron chi connectivity index (χ2n) is 6.00. The van der Waals surface area contributed by atoms with Gasteiger partial charge < -0.3 is 19.5 Å². The van der Waals surface area contributed by atoms with Gasteiger partial charge in [-0.3, -0.25) is 0 Å². The van der Waals surface area contributed by atoms with Crippen LogP contribution in [0.25, 0.3) is 0 Å². The third-order valence-corrected chi connectivity index (χ3v) is 4.89. The molecule has 120 valence electrons. The standard InChI is InChI=1S/C19H21NO3/c1-3-19(4-2)14-7-5-6-8-15(14)20-18(23-19)13-9-10-16-17(11-13)22-12-21-16/h5-11,18,20H,3-4,12H2,1-2H3/t18-/m1/s1. The van der Waals surface area contributed by atoms with Gasteiger partial charge in [0.1, 0.15) is 0 Å². The molecule has 0 radical (unpaired) electrons. The first kappa shape index (κ1) is 14.4. The van der Waals surface area contributed by atoms with Crippen LogP contribution in [0.5, 0.6) is 11.5 Å². The van der Waals surface area contributed by atoms with E-state index in [0.29, 0.717) is 0 Å². The lowest BCUT2D eigenvalue weighted by molar-refractivity contribution is -0.103. The van der Waals surface area contributed by atoms with E-state index in [1.807, 2.05) is 18.2 Å². The van der Waals surface area contributed by atoms with Crippen molar-refractivity contribution in [3.63, 3.8) is 0 Å². The van der Waals surface area contributed by atoms with Gasteiger partial charge in [-0.25, -0.2) is 0 Å². The van der Waals surface area contributed by atoms with Gasteiger partial charge in [-0.1, -0.05) is 38.1 Å². The Bertz CT molecular complexity index is 724. The number of hydrogen-bond donors (Lipinski definition) is 1. The largest absolute Gasteiger partial charge is 0.454 e. The van der Waals surface area contributed by atoms with Gasteiger partial charge in [0.05, 0.1) is 5.60 Å². The van der Waals surface area contributed by atoms with E-state index in [1.54, 1.807) is 0 Å². The van der Waals surface area contributed by atoms with Crippen LogP contribution in [0.2, 0.25) is 0 Å². The molecule has 0 amide bonds. The number of anilines is 1. The van der Waals surface area contributed by atoms with Crippen molar-refractivity contribution >= 4 is 5.69 Å². The third-order valence-electron chi connectivity index (χ3n) is 4.89. The van der Waals surface area contributed by atoms with Crippen molar-refractivity contribution < 1.29 is 14.2 Å². The van der Waals surface area contributed by atoms with E-state index >= 15 is 0 Å². The Morgan fingerprint density at radius 2 is 1.83 bits per heavy atom. The number of fused-ring (bicyclic) bond motifs is 2. The van der Waals surface area contributed by atoms with E-state index < -0.39 is 0 Å². The lowest BCUT2D eigenvalue weighted by Crippen LogP contribution is -2.37. The smallest absolute Gasteiger partial charge is 0.231 e. The highest BCUT2D eigenvalue weighted by Crippen LogP contribution is 2.46. The van der Waals surface area contributed by atoms with Crippen molar-refractivity contribution in [3.05, 3.63) is 53.6 Å². The number of benzene rings is 2. The summed E-state index contributed by atoms with van der Waals surface area (Å²) in [5, 5.41) is 3.51. The number of nitrogens with one attached hydrogen (secondary N) is 1. The zero-order valence-electron chi connectivity index (χ0n) is 13.5. The van der Waals surface area contributed by atoms with Gasteiger partial charge in [-0.05, 0) is 31.0 Å². The van der Waals surface area contributed by atoms with Gasteiger partial charge in [0, 0.05) is 16.8 Å². The van der Waals surface area contributed by atoms with Gasteiger partial charge in [0.15, 0.2) is 17.7 Å². The molecule has 0 spiro atoms. The molecule has 1 N–H and O–H groups in total. The molecule has 2 aromatic carbocycles. The lowest BCUT2D eigenvalue weighted by Gasteiger charge is -2.43. The minimum atomic E-state index is -0.261. The predicted octanol–water partition coefficient (Wildman–Crippen LogP) is 4.57. The fraction of sp³-hybridized carbons (Fsp3) is 0.368. The van der Waals surface area contributed by atoms with Crippen LogP contribution >= 0.6 is 0 Å². The summed E-state index contributed by atoms with van der Waals surface area (Å²) in [6.45, 7) is 4.65. The highest BCUT2D eigenvalue weighted by molar-refractivity contribution is 5.57. The van der Waals surface area contributed by atoms with Crippen molar-refractivity contribution in [2.45, 2.75) is 38.5 Å². The van der Waals surface area contributed by atoms with Crippen LogP contribution in [0, 0.1) is 0 Å². The summed E-state index contributed by atoms with van der Waals surface area (Å²) in [5.74, 6) is 1.58. The molecule has 0 saturated heterocycles. The van der Waals surface area contributed by atoms with E-state index in [2.05, 4.69) is 43.4 Å². The molecule has 0 saturated carbocycles. The number of rotatable bonds is 3. The molecule has 0 unspecified atom stereocenters. The van der Waals surface area contributed by atoms with Crippen LogP contribution < -0.4 is 14.8 Å². The van der Waals surface area contributed by atoms with E-state index in [1.165, 1.54) is 5.56 Å². The molecule has 1 atom stereocenters. The number of ether oxygens (including phenoxy) is 3. The highest BCUT2D eigenvalue weighted by atomic mass is 16.7. The number of hydrogen-bond acceptors (Lipinski definition) is 4. The van der Waals surface area contributed by atoms with Crippen molar-refractivity contribution in [2.24, 2.45) is 0 Å². The minimum absolute atomic E-state index is 0.195. The molecular formula is C19H21NO3. The summed E-state index contributed by atoms with van der Waals surface area (Å²) in [6.07, 6.45) is 1.67. The molecule has 0 aliphatic carbocycles. The summed E-state index contributed by atoms with van der Waals surface area (Å²) in [4.78, 5) is 0. The maximum Gasteiger partial charge on any atom is 0.231 e. The topological polar surface area (TPSA) is 39.7 Å². The molecule has 0 bridgehead atoms. The van der Waals surface area contributed by atoms with E-state index in [-0.39, 0.29) is 18.6 Å². The maximum atomic E-state index is 6.54. The number of para-hydroxylation sites is 1. The Balaban J connectivity index is 1.74. The molecule has 2 heterocycles. The Morgan fingerprint density at radius 1 is 1.04 bits per heavy atom. The average Bonchev–Trinajstić information content (AvgIpc) is 3.08. The molecule has 23 heavy (non-hydrogen) atoms. The van der Waals surface area contributed by atoms with Crippen molar-refractivity contribution in [1.29, 1.82) is 0 Å². The van der Waals surface area contributed by atoms with Crippen LogP contribution in [0.4, 0.5) is 5.69 Å². The molecule has 4 heteroatoms. The summed E-state index contributed by atoms with van der Waals surface area (Å²) in [7, 11) is 0. The second-order valence-corrected chi connectivity index (χ2v) is 6.00. The molecule has 2 aliphatic rings. The summed E-state index contributed by atoms with van der Waals surface area (Å²) in [6, 6.07) is 14.4. The fourth-order valence-electron chi connectivity index (χ4n) is 3.49. The lowest BCUT2D eigenvalue weighted by atomic mass is 9.85. The molecule has 0 fully saturated rings. The first-order valence-corrected chi connectivity index (χ1v) is 8.19. The van der Waals surface area contributed by atoms with E-state index in [9.17, 15) is 0 Å². The first-order chi connectivity index (χ1) is 11.3. The summed E-state index contributed by atoms with van der Waals surface area (Å²) < 4.78 is 17.4. The van der Waals surface area contributed by atoms with Gasteiger partial charge >= 0.3 is 0 Å². The monoisotopic (exact) mass is 311 g/mol. The zero-order chi connectivity index (χ0) is 15.9. The SMILES string of the molecule is CCC1(CC)O[C@H](c2ccc3c(c2)OCO3)Nc2ccccc21. The van der Waals surface area contributed by atoms with Crippen LogP contribution in [0.1, 0.15) is 44.0 Å². The van der Waals surface area contributed by atoms with E-state index in [4.69, 9.17) is 14.2 Å². The Kier molecular flexibility index (Phi) is 3.42. The predicted molar refractivity (Wildman–Crippen MR) is 88.7 cm³/mol. The maximum absolute atomic E-state index is 6.54. The van der Waals surface area contributed by atoms with Gasteiger partial charge in [0.25, 0.3) is 0 Å². The fourth-order valence-corrected chi connectivity index (χ4v) is 3.49. The van der Waals surface area contributed by atoms with Crippen molar-refractivity contribution in [1.82, 2.24) is 0 Å². The summed E-state index contributed by atoms with van der Waals surface area (Å²) in [5.41, 5.74) is 3.17. The van der Waals surface area contributed by atoms with Crippen LogP contribution in [-0.4, -0.2) is 6.79 Å². The van der Waals surface area contributed by atoms with Crippen molar-refractivity contribution in [2.75, 3.05) is 12.1 Å². The normalized spacial score (nSPS) is 20.7. The molecule has 4 nitrogen and oxygen atoms in total. The zero-order valence-corrected chi connectivity index (χ0v) is 13.5. The molecule has 4 rings (SSSR count). The summed E-state index contributed by atoms with van der Waals surface area (Å²) >= 11 is 0. The highest BCUT2D eigenvalue weighted by Gasteiger charge is 2.39. The second kappa shape index (κ2) is 5.46. The molecule has 0 aromatic heterocycles. The van der Waals surface area contributed by atoms with Gasteiger partial charge in [-0.2, -0.15) is 0 Å². The molecule has 2 aliphatic heterocycles. The van der Waals surface area contributed by atoms with Crippen molar-refractivity contribution in [3.8, 4) is 11.5 Å². The van der Waals surface area contributed by atoms with Crippen LogP contribution in [0.3, 0.4) is 0 Å². The third kappa shape index (κ3) is 2.25. The molecule has 2 aromatic rings. The minimum Gasteiger partial charge on any atom is -0.454 e. The van der Waals surface area contributed by atoms with E-state index in [0.717, 1.165) is 35.6 Å². The first-order valence-electron chi connectivity index (χ1n) is 8.19. The van der Waals surface area contributed by atoms with Crippen LogP contribution in [-0.2, 0) is 10.3 Å². The molecular weight excluding hydrogens is 290 g/mol.